The van der Waals surface area contributed by atoms with Gasteiger partial charge in [0.1, 0.15) is 0 Å². The van der Waals surface area contributed by atoms with Crippen LogP contribution in [0.4, 0.5) is 4.39 Å². The highest BCUT2D eigenvalue weighted by Gasteiger charge is 2.44. The molecule has 0 saturated heterocycles. The first-order valence-corrected chi connectivity index (χ1v) is 8.70. The van der Waals surface area contributed by atoms with Crippen molar-refractivity contribution in [3.05, 3.63) is 65.5 Å². The second-order valence-corrected chi connectivity index (χ2v) is 6.79. The Morgan fingerprint density at radius 2 is 1.84 bits per heavy atom. The number of carbonyl (C=O) groups is 1. The van der Waals surface area contributed by atoms with Crippen LogP contribution in [0, 0.1) is 5.82 Å². The molecular formula is C21H24FNO2. The zero-order valence-corrected chi connectivity index (χ0v) is 14.8. The Balaban J connectivity index is 1.82. The van der Waals surface area contributed by atoms with E-state index < -0.39 is 11.2 Å². The minimum absolute atomic E-state index is 0.118. The molecular weight excluding hydrogens is 317 g/mol. The van der Waals surface area contributed by atoms with E-state index in [4.69, 9.17) is 4.74 Å². The fourth-order valence-electron chi connectivity index (χ4n) is 3.88. The summed E-state index contributed by atoms with van der Waals surface area (Å²) in [6.07, 6.45) is 3.87. The third-order valence-electron chi connectivity index (χ3n) is 5.18. The van der Waals surface area contributed by atoms with E-state index in [-0.39, 0.29) is 11.7 Å². The average molecular weight is 341 g/mol. The summed E-state index contributed by atoms with van der Waals surface area (Å²) in [6, 6.07) is 14.9. The van der Waals surface area contributed by atoms with E-state index in [9.17, 15) is 9.18 Å². The van der Waals surface area contributed by atoms with Crippen LogP contribution in [0.5, 0.6) is 5.75 Å². The molecule has 1 aliphatic rings. The number of carbonyl (C=O) groups excluding carboxylic acids is 1. The molecule has 0 aromatic heterocycles. The molecule has 1 amide bonds. The number of hydrogen-bond donors (Lipinski definition) is 0. The molecule has 0 atom stereocenters. The van der Waals surface area contributed by atoms with E-state index in [1.54, 1.807) is 24.1 Å². The third-order valence-corrected chi connectivity index (χ3v) is 5.18. The molecule has 0 aliphatic heterocycles. The van der Waals surface area contributed by atoms with Crippen molar-refractivity contribution in [1.82, 2.24) is 4.90 Å². The zero-order chi connectivity index (χ0) is 17.9. The van der Waals surface area contributed by atoms with Gasteiger partial charge in [-0.1, -0.05) is 49.2 Å². The van der Waals surface area contributed by atoms with Crippen LogP contribution in [0.3, 0.4) is 0 Å². The smallest absolute Gasteiger partial charge is 0.233 e. The topological polar surface area (TPSA) is 29.5 Å². The first kappa shape index (κ1) is 17.5. The maximum atomic E-state index is 13.9. The molecule has 0 bridgehead atoms. The first-order chi connectivity index (χ1) is 12.1. The van der Waals surface area contributed by atoms with Crippen molar-refractivity contribution in [3.8, 4) is 5.75 Å². The van der Waals surface area contributed by atoms with E-state index in [1.165, 1.54) is 13.2 Å². The molecule has 3 nitrogen and oxygen atoms in total. The predicted molar refractivity (Wildman–Crippen MR) is 96.0 cm³/mol. The first-order valence-electron chi connectivity index (χ1n) is 8.70. The molecule has 0 spiro atoms. The Hall–Kier alpha value is -2.36. The monoisotopic (exact) mass is 341 g/mol. The lowest BCUT2D eigenvalue weighted by Gasteiger charge is -2.33. The van der Waals surface area contributed by atoms with Crippen LogP contribution in [0.25, 0.3) is 0 Å². The molecule has 2 aromatic rings. The van der Waals surface area contributed by atoms with Gasteiger partial charge in [-0.3, -0.25) is 4.79 Å². The van der Waals surface area contributed by atoms with E-state index >= 15 is 0 Å². The fourth-order valence-corrected chi connectivity index (χ4v) is 3.88. The Labute approximate surface area is 148 Å². The summed E-state index contributed by atoms with van der Waals surface area (Å²) in [4.78, 5) is 15.0. The highest BCUT2D eigenvalue weighted by molar-refractivity contribution is 5.88. The number of halogens is 1. The molecule has 0 unspecified atom stereocenters. The Kier molecular flexibility index (Phi) is 5.07. The number of methoxy groups -OCH3 is 1. The van der Waals surface area contributed by atoms with Crippen LogP contribution in [0.15, 0.2) is 48.5 Å². The molecule has 0 heterocycles. The van der Waals surface area contributed by atoms with E-state index in [1.807, 2.05) is 30.3 Å². The predicted octanol–water partition coefficient (Wildman–Crippen LogP) is 4.30. The minimum atomic E-state index is -0.443. The van der Waals surface area contributed by atoms with Crippen molar-refractivity contribution < 1.29 is 13.9 Å². The molecule has 3 rings (SSSR count). The lowest BCUT2D eigenvalue weighted by Crippen LogP contribution is -2.43. The number of amides is 1. The summed E-state index contributed by atoms with van der Waals surface area (Å²) in [6.45, 7) is 0.383. The lowest BCUT2D eigenvalue weighted by atomic mass is 9.77. The molecule has 1 fully saturated rings. The van der Waals surface area contributed by atoms with E-state index in [0.29, 0.717) is 6.54 Å². The summed E-state index contributed by atoms with van der Waals surface area (Å²) in [5.74, 6) is -0.0683. The fraction of sp³-hybridized carbons (Fsp3) is 0.381. The molecule has 1 saturated carbocycles. The van der Waals surface area contributed by atoms with Gasteiger partial charge in [0.15, 0.2) is 11.6 Å². The zero-order valence-electron chi connectivity index (χ0n) is 14.8. The van der Waals surface area contributed by atoms with Crippen LogP contribution in [-0.2, 0) is 16.8 Å². The Morgan fingerprint density at radius 1 is 1.16 bits per heavy atom. The van der Waals surface area contributed by atoms with Crippen molar-refractivity contribution in [3.63, 3.8) is 0 Å². The van der Waals surface area contributed by atoms with Gasteiger partial charge in [0, 0.05) is 13.6 Å². The Morgan fingerprint density at radius 3 is 2.44 bits per heavy atom. The van der Waals surface area contributed by atoms with Gasteiger partial charge in [-0.05, 0) is 36.1 Å². The second kappa shape index (κ2) is 7.26. The molecule has 0 N–H and O–H groups in total. The molecule has 2 aromatic carbocycles. The van der Waals surface area contributed by atoms with Gasteiger partial charge in [0.2, 0.25) is 5.91 Å². The summed E-state index contributed by atoms with van der Waals surface area (Å²) >= 11 is 0. The standard InChI is InChI=1S/C21H24FNO2/c1-23(15-16-10-11-19(25-2)18(22)14-16)20(24)21(12-6-7-13-21)17-8-4-3-5-9-17/h3-5,8-11,14H,6-7,12-13,15H2,1-2H3. The second-order valence-electron chi connectivity index (χ2n) is 6.79. The SMILES string of the molecule is COc1ccc(CN(C)C(=O)C2(c3ccccc3)CCCC2)cc1F. The van der Waals surface area contributed by atoms with Crippen molar-refractivity contribution in [2.45, 2.75) is 37.6 Å². The van der Waals surface area contributed by atoms with Crippen LogP contribution in [0.2, 0.25) is 0 Å². The molecule has 1 aliphatic carbocycles. The van der Waals surface area contributed by atoms with Gasteiger partial charge in [0.05, 0.1) is 12.5 Å². The van der Waals surface area contributed by atoms with Crippen molar-refractivity contribution >= 4 is 5.91 Å². The number of rotatable bonds is 5. The molecule has 4 heteroatoms. The normalized spacial score (nSPS) is 15.8. The number of hydrogen-bond acceptors (Lipinski definition) is 2. The number of likely N-dealkylation sites (N-methyl/N-ethyl adjacent to an activating group) is 1. The highest BCUT2D eigenvalue weighted by Crippen LogP contribution is 2.42. The molecule has 25 heavy (non-hydrogen) atoms. The van der Waals surface area contributed by atoms with Crippen LogP contribution < -0.4 is 4.74 Å². The summed E-state index contributed by atoms with van der Waals surface area (Å²) in [5, 5.41) is 0. The van der Waals surface area contributed by atoms with E-state index in [0.717, 1.165) is 36.8 Å². The number of nitrogens with zero attached hydrogens (tertiary/aromatic N) is 1. The quantitative estimate of drug-likeness (QED) is 0.811. The third kappa shape index (κ3) is 3.39. The number of ether oxygens (including phenoxy) is 1. The minimum Gasteiger partial charge on any atom is -0.494 e. The van der Waals surface area contributed by atoms with Crippen molar-refractivity contribution in [1.29, 1.82) is 0 Å². The summed E-state index contributed by atoms with van der Waals surface area (Å²) in [5.41, 5.74) is 1.40. The lowest BCUT2D eigenvalue weighted by molar-refractivity contribution is -0.136. The van der Waals surface area contributed by atoms with Crippen LogP contribution in [-0.4, -0.2) is 25.0 Å². The molecule has 132 valence electrons. The summed E-state index contributed by atoms with van der Waals surface area (Å²) in [7, 11) is 3.24. The largest absolute Gasteiger partial charge is 0.494 e. The van der Waals surface area contributed by atoms with Gasteiger partial charge in [0.25, 0.3) is 0 Å². The van der Waals surface area contributed by atoms with Crippen molar-refractivity contribution in [2.75, 3.05) is 14.2 Å². The maximum Gasteiger partial charge on any atom is 0.233 e. The summed E-state index contributed by atoms with van der Waals surface area (Å²) < 4.78 is 18.9. The number of benzene rings is 2. The van der Waals surface area contributed by atoms with Crippen LogP contribution >= 0.6 is 0 Å². The highest BCUT2D eigenvalue weighted by atomic mass is 19.1. The van der Waals surface area contributed by atoms with Gasteiger partial charge < -0.3 is 9.64 Å². The van der Waals surface area contributed by atoms with Crippen molar-refractivity contribution in [2.24, 2.45) is 0 Å². The van der Waals surface area contributed by atoms with Gasteiger partial charge in [-0.25, -0.2) is 4.39 Å². The average Bonchev–Trinajstić information content (AvgIpc) is 3.13. The Bertz CT molecular complexity index is 739. The van der Waals surface area contributed by atoms with Gasteiger partial charge in [-0.2, -0.15) is 0 Å². The van der Waals surface area contributed by atoms with Gasteiger partial charge in [-0.15, -0.1) is 0 Å². The van der Waals surface area contributed by atoms with E-state index in [2.05, 4.69) is 0 Å². The maximum absolute atomic E-state index is 13.9. The molecule has 0 radical (unpaired) electrons. The van der Waals surface area contributed by atoms with Gasteiger partial charge >= 0.3 is 0 Å². The van der Waals surface area contributed by atoms with Crippen LogP contribution in [0.1, 0.15) is 36.8 Å².